The Labute approximate surface area is 129 Å². The highest BCUT2D eigenvalue weighted by Crippen LogP contribution is 2.25. The van der Waals surface area contributed by atoms with Crippen LogP contribution in [0.5, 0.6) is 11.5 Å². The summed E-state index contributed by atoms with van der Waals surface area (Å²) >= 11 is 5.02. The Balaban J connectivity index is 2.19. The van der Waals surface area contributed by atoms with Gasteiger partial charge < -0.3 is 20.5 Å². The van der Waals surface area contributed by atoms with E-state index in [1.54, 1.807) is 26.5 Å². The Morgan fingerprint density at radius 3 is 2.76 bits per heavy atom. The molecule has 2 aromatic rings. The minimum absolute atomic E-state index is 0.312. The highest BCUT2D eigenvalue weighted by atomic mass is 32.1. The number of nitrogens with two attached hydrogens (primary N) is 1. The second-order valence-electron chi connectivity index (χ2n) is 4.30. The number of rotatable bonds is 6. The lowest BCUT2D eigenvalue weighted by Crippen LogP contribution is -2.14. The number of aromatic nitrogens is 1. The number of methoxy groups -OCH3 is 2. The molecule has 0 bridgehead atoms. The van der Waals surface area contributed by atoms with E-state index < -0.39 is 0 Å². The van der Waals surface area contributed by atoms with Gasteiger partial charge in [-0.2, -0.15) is 0 Å². The molecule has 0 spiro atoms. The van der Waals surface area contributed by atoms with E-state index in [0.717, 1.165) is 22.6 Å². The molecule has 110 valence electrons. The normalized spacial score (nSPS) is 10.0. The first-order valence-corrected chi connectivity index (χ1v) is 6.76. The Bertz CT molecular complexity index is 647. The number of hydrogen-bond acceptors (Lipinski definition) is 5. The van der Waals surface area contributed by atoms with Crippen molar-refractivity contribution in [2.75, 3.05) is 19.5 Å². The van der Waals surface area contributed by atoms with E-state index >= 15 is 0 Å². The van der Waals surface area contributed by atoms with Crippen LogP contribution in [0.4, 0.5) is 5.82 Å². The van der Waals surface area contributed by atoms with Crippen molar-refractivity contribution in [1.29, 1.82) is 0 Å². The van der Waals surface area contributed by atoms with Gasteiger partial charge in [-0.25, -0.2) is 4.98 Å². The molecule has 0 saturated carbocycles. The van der Waals surface area contributed by atoms with Crippen LogP contribution < -0.4 is 20.5 Å². The summed E-state index contributed by atoms with van der Waals surface area (Å²) in [6, 6.07) is 9.29. The molecule has 0 saturated heterocycles. The van der Waals surface area contributed by atoms with Gasteiger partial charge in [-0.1, -0.05) is 12.2 Å². The highest BCUT2D eigenvalue weighted by molar-refractivity contribution is 7.80. The van der Waals surface area contributed by atoms with Crippen molar-refractivity contribution in [3.8, 4) is 11.5 Å². The first kappa shape index (κ1) is 15.1. The van der Waals surface area contributed by atoms with Crippen LogP contribution in [0.3, 0.4) is 0 Å². The van der Waals surface area contributed by atoms with Crippen molar-refractivity contribution in [3.63, 3.8) is 0 Å². The average Bonchev–Trinajstić information content (AvgIpc) is 2.52. The van der Waals surface area contributed by atoms with Gasteiger partial charge >= 0.3 is 0 Å². The van der Waals surface area contributed by atoms with Crippen LogP contribution >= 0.6 is 12.2 Å². The van der Waals surface area contributed by atoms with Gasteiger partial charge in [0.05, 0.1) is 19.8 Å². The first-order chi connectivity index (χ1) is 10.2. The molecule has 1 aromatic heterocycles. The molecule has 2 rings (SSSR count). The van der Waals surface area contributed by atoms with E-state index in [-0.39, 0.29) is 0 Å². The molecule has 0 fully saturated rings. The van der Waals surface area contributed by atoms with E-state index in [1.165, 1.54) is 0 Å². The van der Waals surface area contributed by atoms with E-state index in [4.69, 9.17) is 27.4 Å². The molecule has 1 aromatic carbocycles. The van der Waals surface area contributed by atoms with Crippen molar-refractivity contribution >= 4 is 23.0 Å². The summed E-state index contributed by atoms with van der Waals surface area (Å²) in [6.45, 7) is 0.541. The van der Waals surface area contributed by atoms with Crippen molar-refractivity contribution in [1.82, 2.24) is 4.98 Å². The molecule has 3 N–H and O–H groups in total. The minimum Gasteiger partial charge on any atom is -0.497 e. The maximum Gasteiger partial charge on any atom is 0.136 e. The molecule has 0 amide bonds. The van der Waals surface area contributed by atoms with Crippen LogP contribution in [0, 0.1) is 0 Å². The molecular weight excluding hydrogens is 286 g/mol. The molecule has 0 radical (unpaired) electrons. The number of nitrogens with zero attached hydrogens (tertiary/aromatic N) is 1. The Kier molecular flexibility index (Phi) is 4.94. The number of nitrogens with one attached hydrogen (secondary N) is 1. The summed E-state index contributed by atoms with van der Waals surface area (Å²) in [5.41, 5.74) is 7.39. The monoisotopic (exact) mass is 303 g/mol. The van der Waals surface area contributed by atoms with Crippen LogP contribution in [0.1, 0.15) is 11.1 Å². The van der Waals surface area contributed by atoms with Crippen LogP contribution in [-0.4, -0.2) is 24.2 Å². The molecule has 0 aliphatic heterocycles. The average molecular weight is 303 g/mol. The topological polar surface area (TPSA) is 69.4 Å². The van der Waals surface area contributed by atoms with Crippen LogP contribution in [0.2, 0.25) is 0 Å². The summed E-state index contributed by atoms with van der Waals surface area (Å²) in [7, 11) is 3.24. The fourth-order valence-electron chi connectivity index (χ4n) is 1.92. The third kappa shape index (κ3) is 3.61. The Morgan fingerprint density at radius 2 is 2.10 bits per heavy atom. The first-order valence-electron chi connectivity index (χ1n) is 6.35. The van der Waals surface area contributed by atoms with Gasteiger partial charge in [-0.05, 0) is 24.3 Å². The predicted octanol–water partition coefficient (Wildman–Crippen LogP) is 2.35. The van der Waals surface area contributed by atoms with E-state index in [2.05, 4.69) is 10.3 Å². The van der Waals surface area contributed by atoms with Crippen molar-refractivity contribution in [2.45, 2.75) is 6.54 Å². The highest BCUT2D eigenvalue weighted by Gasteiger charge is 2.08. The lowest BCUT2D eigenvalue weighted by Gasteiger charge is -2.13. The molecule has 5 nitrogen and oxygen atoms in total. The van der Waals surface area contributed by atoms with Gasteiger partial charge in [-0.15, -0.1) is 0 Å². The number of thiocarbonyl (C=S) groups is 1. The lowest BCUT2D eigenvalue weighted by molar-refractivity contribution is 0.391. The van der Waals surface area contributed by atoms with Gasteiger partial charge in [-0.3, -0.25) is 0 Å². The maximum atomic E-state index is 5.69. The van der Waals surface area contributed by atoms with Crippen LogP contribution in [0.15, 0.2) is 36.5 Å². The summed E-state index contributed by atoms with van der Waals surface area (Å²) in [4.78, 5) is 4.57. The van der Waals surface area contributed by atoms with Gasteiger partial charge in [0.1, 0.15) is 22.3 Å². The van der Waals surface area contributed by atoms with Gasteiger partial charge in [0.2, 0.25) is 0 Å². The fourth-order valence-corrected chi connectivity index (χ4v) is 2.09. The van der Waals surface area contributed by atoms with Gasteiger partial charge in [0.15, 0.2) is 0 Å². The summed E-state index contributed by atoms with van der Waals surface area (Å²) < 4.78 is 10.5. The standard InChI is InChI=1S/C15H17N3O2S/c1-19-11-6-5-10(13(8-11)20-2)9-18-15-12(14(16)21)4-3-7-17-15/h3-8H,9H2,1-2H3,(H2,16,21)(H,17,18). The van der Waals surface area contributed by atoms with Crippen LogP contribution in [-0.2, 0) is 6.54 Å². The van der Waals surface area contributed by atoms with Gasteiger partial charge in [0.25, 0.3) is 0 Å². The number of ether oxygens (including phenoxy) is 2. The molecule has 0 atom stereocenters. The zero-order chi connectivity index (χ0) is 15.2. The second-order valence-corrected chi connectivity index (χ2v) is 4.73. The summed E-state index contributed by atoms with van der Waals surface area (Å²) in [5.74, 6) is 2.15. The molecule has 6 heteroatoms. The molecule has 21 heavy (non-hydrogen) atoms. The zero-order valence-electron chi connectivity index (χ0n) is 11.9. The number of hydrogen-bond donors (Lipinski definition) is 2. The quantitative estimate of drug-likeness (QED) is 0.798. The molecule has 1 heterocycles. The molecule has 0 aliphatic carbocycles. The van der Waals surface area contributed by atoms with E-state index in [1.807, 2.05) is 24.3 Å². The largest absolute Gasteiger partial charge is 0.497 e. The van der Waals surface area contributed by atoms with Crippen molar-refractivity contribution in [3.05, 3.63) is 47.7 Å². The lowest BCUT2D eigenvalue weighted by atomic mass is 10.2. The Hall–Kier alpha value is -2.34. The number of pyridine rings is 1. The maximum absolute atomic E-state index is 5.69. The number of benzene rings is 1. The van der Waals surface area contributed by atoms with Crippen molar-refractivity contribution < 1.29 is 9.47 Å². The summed E-state index contributed by atoms with van der Waals surface area (Å²) in [6.07, 6.45) is 1.69. The van der Waals surface area contributed by atoms with Gasteiger partial charge in [0, 0.05) is 24.4 Å². The fraction of sp³-hybridized carbons (Fsp3) is 0.200. The Morgan fingerprint density at radius 1 is 1.29 bits per heavy atom. The zero-order valence-corrected chi connectivity index (χ0v) is 12.7. The van der Waals surface area contributed by atoms with E-state index in [9.17, 15) is 0 Å². The molecule has 0 aliphatic rings. The van der Waals surface area contributed by atoms with E-state index in [0.29, 0.717) is 17.4 Å². The third-order valence-corrected chi connectivity index (χ3v) is 3.23. The number of anilines is 1. The minimum atomic E-state index is 0.312. The molecule has 0 unspecified atom stereocenters. The van der Waals surface area contributed by atoms with Crippen molar-refractivity contribution in [2.24, 2.45) is 5.73 Å². The third-order valence-electron chi connectivity index (χ3n) is 3.01. The second kappa shape index (κ2) is 6.90. The summed E-state index contributed by atoms with van der Waals surface area (Å²) in [5, 5.41) is 3.22. The molecular formula is C15H17N3O2S. The SMILES string of the molecule is COc1ccc(CNc2ncccc2C(N)=S)c(OC)c1. The van der Waals surface area contributed by atoms with Crippen LogP contribution in [0.25, 0.3) is 0 Å². The smallest absolute Gasteiger partial charge is 0.136 e. The predicted molar refractivity (Wildman–Crippen MR) is 87.0 cm³/mol.